The summed E-state index contributed by atoms with van der Waals surface area (Å²) in [5, 5.41) is 2.27. The molecule has 0 saturated carbocycles. The standard InChI is InChI=1S/C26H16N2O2/c1-4-8-23-18(5-1)19-13-16(10-12-24(19)30-23)17-9-11-22-25(14-17)29-15-26-27-20-6-2-3-7-21(20)28(22)26/h1-14H,15H2. The summed E-state index contributed by atoms with van der Waals surface area (Å²) in [6.07, 6.45) is 0. The molecule has 4 heteroatoms. The van der Waals surface area contributed by atoms with Gasteiger partial charge in [0.25, 0.3) is 0 Å². The van der Waals surface area contributed by atoms with Crippen LogP contribution in [0.5, 0.6) is 5.75 Å². The van der Waals surface area contributed by atoms with Gasteiger partial charge in [-0.2, -0.15) is 0 Å². The van der Waals surface area contributed by atoms with E-state index >= 15 is 0 Å². The van der Waals surface area contributed by atoms with Gasteiger partial charge in [0.1, 0.15) is 23.5 Å². The van der Waals surface area contributed by atoms with Crippen molar-refractivity contribution in [1.82, 2.24) is 9.55 Å². The number of nitrogens with zero attached hydrogens (tertiary/aromatic N) is 2. The normalized spacial score (nSPS) is 12.8. The van der Waals surface area contributed by atoms with Crippen LogP contribution in [0.25, 0.3) is 49.8 Å². The van der Waals surface area contributed by atoms with E-state index in [-0.39, 0.29) is 0 Å². The van der Waals surface area contributed by atoms with Crippen molar-refractivity contribution in [2.24, 2.45) is 0 Å². The molecule has 3 heterocycles. The first-order chi connectivity index (χ1) is 14.8. The molecule has 142 valence electrons. The highest BCUT2D eigenvalue weighted by Gasteiger charge is 2.21. The van der Waals surface area contributed by atoms with Gasteiger partial charge >= 0.3 is 0 Å². The lowest BCUT2D eigenvalue weighted by Crippen LogP contribution is -2.13. The van der Waals surface area contributed by atoms with E-state index < -0.39 is 0 Å². The number of para-hydroxylation sites is 3. The molecule has 6 aromatic rings. The van der Waals surface area contributed by atoms with Crippen LogP contribution in [0.15, 0.2) is 89.3 Å². The van der Waals surface area contributed by atoms with Gasteiger partial charge in [0.2, 0.25) is 0 Å². The topological polar surface area (TPSA) is 40.2 Å². The Balaban J connectivity index is 1.40. The van der Waals surface area contributed by atoms with Gasteiger partial charge in [-0.15, -0.1) is 0 Å². The van der Waals surface area contributed by atoms with Gasteiger partial charge in [-0.05, 0) is 53.6 Å². The van der Waals surface area contributed by atoms with Crippen LogP contribution < -0.4 is 4.74 Å². The maximum absolute atomic E-state index is 6.08. The summed E-state index contributed by atoms with van der Waals surface area (Å²) in [6, 6.07) is 29.1. The van der Waals surface area contributed by atoms with E-state index in [0.29, 0.717) is 6.61 Å². The van der Waals surface area contributed by atoms with Crippen LogP contribution in [0.4, 0.5) is 0 Å². The molecule has 0 unspecified atom stereocenters. The fraction of sp³-hybridized carbons (Fsp3) is 0.0385. The Bertz CT molecular complexity index is 1610. The molecule has 0 spiro atoms. The lowest BCUT2D eigenvalue weighted by Gasteiger charge is -2.21. The van der Waals surface area contributed by atoms with Crippen LogP contribution in [-0.4, -0.2) is 9.55 Å². The molecule has 2 aromatic heterocycles. The molecule has 0 fully saturated rings. The lowest BCUT2D eigenvalue weighted by atomic mass is 10.0. The Morgan fingerprint density at radius 1 is 0.733 bits per heavy atom. The summed E-state index contributed by atoms with van der Waals surface area (Å²) >= 11 is 0. The minimum absolute atomic E-state index is 0.469. The average Bonchev–Trinajstić information content (AvgIpc) is 3.36. The molecular weight excluding hydrogens is 372 g/mol. The Morgan fingerprint density at radius 3 is 2.53 bits per heavy atom. The Hall–Kier alpha value is -4.05. The SMILES string of the molecule is c1ccc2c(c1)nc1n2-c2ccc(-c3ccc4oc5ccccc5c4c3)cc2OC1. The van der Waals surface area contributed by atoms with Gasteiger partial charge in [0.05, 0.1) is 16.7 Å². The largest absolute Gasteiger partial charge is 0.483 e. The van der Waals surface area contributed by atoms with Crippen molar-refractivity contribution in [3.8, 4) is 22.6 Å². The fourth-order valence-corrected chi connectivity index (χ4v) is 4.48. The summed E-state index contributed by atoms with van der Waals surface area (Å²) in [5.74, 6) is 1.81. The minimum atomic E-state index is 0.469. The molecule has 0 atom stereocenters. The van der Waals surface area contributed by atoms with E-state index in [9.17, 15) is 0 Å². The Labute approximate surface area is 171 Å². The first-order valence-corrected chi connectivity index (χ1v) is 10.0. The van der Waals surface area contributed by atoms with E-state index in [1.54, 1.807) is 0 Å². The zero-order valence-corrected chi connectivity index (χ0v) is 16.0. The molecule has 1 aliphatic rings. The van der Waals surface area contributed by atoms with Crippen LogP contribution in [0.3, 0.4) is 0 Å². The number of hydrogen-bond donors (Lipinski definition) is 0. The highest BCUT2D eigenvalue weighted by molar-refractivity contribution is 6.06. The predicted molar refractivity (Wildman–Crippen MR) is 118 cm³/mol. The first kappa shape index (κ1) is 15.8. The molecule has 0 bridgehead atoms. The number of benzene rings is 4. The monoisotopic (exact) mass is 388 g/mol. The molecule has 0 N–H and O–H groups in total. The number of hydrogen-bond acceptors (Lipinski definition) is 3. The fourth-order valence-electron chi connectivity index (χ4n) is 4.48. The molecule has 0 radical (unpaired) electrons. The van der Waals surface area contributed by atoms with E-state index in [1.807, 2.05) is 42.5 Å². The molecule has 1 aliphatic heterocycles. The van der Waals surface area contributed by atoms with E-state index in [1.165, 1.54) is 0 Å². The summed E-state index contributed by atoms with van der Waals surface area (Å²) in [4.78, 5) is 4.72. The minimum Gasteiger partial charge on any atom is -0.483 e. The molecule has 30 heavy (non-hydrogen) atoms. The summed E-state index contributed by atoms with van der Waals surface area (Å²) < 4.78 is 14.3. The predicted octanol–water partition coefficient (Wildman–Crippen LogP) is 6.48. The summed E-state index contributed by atoms with van der Waals surface area (Å²) in [6.45, 7) is 0.469. The maximum atomic E-state index is 6.08. The van der Waals surface area contributed by atoms with Crippen molar-refractivity contribution in [3.05, 3.63) is 90.8 Å². The van der Waals surface area contributed by atoms with Gasteiger partial charge in [-0.1, -0.05) is 42.5 Å². The second-order valence-electron chi connectivity index (χ2n) is 7.63. The molecule has 0 saturated heterocycles. The molecule has 0 amide bonds. The molecule has 4 aromatic carbocycles. The quantitative estimate of drug-likeness (QED) is 0.323. The third kappa shape index (κ3) is 2.13. The number of imidazole rings is 1. The van der Waals surface area contributed by atoms with Crippen molar-refractivity contribution in [1.29, 1.82) is 0 Å². The van der Waals surface area contributed by atoms with Crippen LogP contribution in [0.2, 0.25) is 0 Å². The van der Waals surface area contributed by atoms with Gasteiger partial charge in [-0.25, -0.2) is 4.98 Å². The zero-order chi connectivity index (χ0) is 19.7. The third-order valence-electron chi connectivity index (χ3n) is 5.90. The maximum Gasteiger partial charge on any atom is 0.152 e. The van der Waals surface area contributed by atoms with Crippen molar-refractivity contribution < 1.29 is 9.15 Å². The van der Waals surface area contributed by atoms with Crippen LogP contribution in [0, 0.1) is 0 Å². The number of aromatic nitrogens is 2. The van der Waals surface area contributed by atoms with Crippen molar-refractivity contribution in [2.45, 2.75) is 6.61 Å². The van der Waals surface area contributed by atoms with E-state index in [0.717, 1.165) is 61.4 Å². The second-order valence-corrected chi connectivity index (χ2v) is 7.63. The van der Waals surface area contributed by atoms with Crippen molar-refractivity contribution >= 4 is 33.0 Å². The molecule has 0 aliphatic carbocycles. The summed E-state index contributed by atoms with van der Waals surface area (Å²) in [7, 11) is 0. The van der Waals surface area contributed by atoms with E-state index in [2.05, 4.69) is 47.0 Å². The highest BCUT2D eigenvalue weighted by atomic mass is 16.5. The summed E-state index contributed by atoms with van der Waals surface area (Å²) in [5.41, 5.74) is 7.21. The highest BCUT2D eigenvalue weighted by Crippen LogP contribution is 2.38. The van der Waals surface area contributed by atoms with Gasteiger partial charge in [0, 0.05) is 10.8 Å². The zero-order valence-electron chi connectivity index (χ0n) is 16.0. The van der Waals surface area contributed by atoms with Crippen LogP contribution in [0.1, 0.15) is 5.82 Å². The van der Waals surface area contributed by atoms with Gasteiger partial charge < -0.3 is 9.15 Å². The van der Waals surface area contributed by atoms with Crippen molar-refractivity contribution in [2.75, 3.05) is 0 Å². The molecule has 7 rings (SSSR count). The lowest BCUT2D eigenvalue weighted by molar-refractivity contribution is 0.281. The second kappa shape index (κ2) is 5.74. The van der Waals surface area contributed by atoms with Gasteiger partial charge in [-0.3, -0.25) is 4.57 Å². The smallest absolute Gasteiger partial charge is 0.152 e. The first-order valence-electron chi connectivity index (χ1n) is 10.0. The van der Waals surface area contributed by atoms with Gasteiger partial charge in [0.15, 0.2) is 5.82 Å². The van der Waals surface area contributed by atoms with Crippen molar-refractivity contribution in [3.63, 3.8) is 0 Å². The third-order valence-corrected chi connectivity index (χ3v) is 5.90. The number of furan rings is 1. The van der Waals surface area contributed by atoms with Crippen LogP contribution >= 0.6 is 0 Å². The van der Waals surface area contributed by atoms with Crippen LogP contribution in [-0.2, 0) is 6.61 Å². The number of fused-ring (bicyclic) bond motifs is 8. The Morgan fingerprint density at radius 2 is 1.53 bits per heavy atom. The molecule has 4 nitrogen and oxygen atoms in total. The van der Waals surface area contributed by atoms with E-state index in [4.69, 9.17) is 14.1 Å². The Kier molecular flexibility index (Phi) is 3.03. The number of ether oxygens (including phenoxy) is 1. The average molecular weight is 388 g/mol. The number of rotatable bonds is 1. The molecular formula is C26H16N2O2.